The molecule has 0 rings (SSSR count). The molecule has 0 heterocycles. The van der Waals surface area contributed by atoms with Crippen LogP contribution in [0.15, 0.2) is 72.9 Å². The summed E-state index contributed by atoms with van der Waals surface area (Å²) in [6.07, 6.45) is 34.9. The lowest BCUT2D eigenvalue weighted by Crippen LogP contribution is -2.28. The van der Waals surface area contributed by atoms with Crippen molar-refractivity contribution in [1.82, 2.24) is 0 Å². The first-order valence-electron chi connectivity index (χ1n) is 17.4. The largest absolute Gasteiger partial charge is 0.472 e. The maximum Gasteiger partial charge on any atom is 0.472 e. The van der Waals surface area contributed by atoms with E-state index < -0.39 is 58.4 Å². The maximum absolute atomic E-state index is 12.3. The smallest absolute Gasteiger partial charge is 0.457 e. The van der Waals surface area contributed by atoms with Crippen LogP contribution in [0.25, 0.3) is 0 Å². The molecule has 0 aliphatic carbocycles. The van der Waals surface area contributed by atoms with Gasteiger partial charge in [-0.2, -0.15) is 0 Å². The Balaban J connectivity index is 4.18. The first kappa shape index (κ1) is 45.4. The summed E-state index contributed by atoms with van der Waals surface area (Å²) in [7, 11) is -4.66. The molecule has 0 aromatic carbocycles. The van der Waals surface area contributed by atoms with E-state index in [-0.39, 0.29) is 12.8 Å². The lowest BCUT2D eigenvalue weighted by atomic mass is 10.1. The van der Waals surface area contributed by atoms with E-state index in [9.17, 15) is 29.3 Å². The molecule has 0 aromatic heterocycles. The van der Waals surface area contributed by atoms with Crippen molar-refractivity contribution in [1.29, 1.82) is 0 Å². The predicted molar refractivity (Wildman–Crippen MR) is 191 cm³/mol. The molecule has 48 heavy (non-hydrogen) atoms. The van der Waals surface area contributed by atoms with Crippen LogP contribution in [0, 0.1) is 0 Å². The second kappa shape index (κ2) is 32.9. The monoisotopic (exact) mass is 696 g/mol. The molecule has 0 aliphatic rings. The van der Waals surface area contributed by atoms with E-state index in [1.807, 2.05) is 18.2 Å². The topological polar surface area (TPSA) is 149 Å². The Morgan fingerprint density at radius 2 is 1.06 bits per heavy atom. The standard InChI is InChI=1S/C37H61O10P/c1-3-5-7-9-11-13-15-16-17-18-19-21-23-25-27-29-37(41)47-35(31-39)33-45-48(42,43)44-32-34(30-38)46-36(40)28-26-24-22-20-14-12-10-8-6-4-2/h5,7-8,10-11,13,16-17,19,21,25,27,34-35,38-39H,3-4,6,9,12,14-15,18,20,22-24,26,28-33H2,1-2H3,(H,42,43)/b7-5-,10-8-,13-11-,17-16-,21-19-,27-25-. The van der Waals surface area contributed by atoms with Gasteiger partial charge in [0.2, 0.25) is 0 Å². The number of aliphatic hydroxyl groups excluding tert-OH is 2. The minimum absolute atomic E-state index is 0.0441. The average Bonchev–Trinajstić information content (AvgIpc) is 3.07. The van der Waals surface area contributed by atoms with Crippen LogP contribution in [-0.2, 0) is 32.7 Å². The fraction of sp³-hybridized carbons (Fsp3) is 0.622. The molecular formula is C37H61O10P. The molecular weight excluding hydrogens is 635 g/mol. The van der Waals surface area contributed by atoms with Gasteiger partial charge in [0.05, 0.1) is 32.8 Å². The summed E-state index contributed by atoms with van der Waals surface area (Å²) in [5, 5.41) is 19.0. The van der Waals surface area contributed by atoms with Gasteiger partial charge in [0, 0.05) is 6.42 Å². The fourth-order valence-corrected chi connectivity index (χ4v) is 4.80. The summed E-state index contributed by atoms with van der Waals surface area (Å²) in [4.78, 5) is 34.2. The van der Waals surface area contributed by atoms with Crippen LogP contribution in [0.4, 0.5) is 0 Å². The quantitative estimate of drug-likeness (QED) is 0.0281. The van der Waals surface area contributed by atoms with E-state index in [4.69, 9.17) is 18.5 Å². The molecule has 3 atom stereocenters. The van der Waals surface area contributed by atoms with E-state index in [0.29, 0.717) is 12.8 Å². The van der Waals surface area contributed by atoms with Gasteiger partial charge in [0.1, 0.15) is 12.2 Å². The summed E-state index contributed by atoms with van der Waals surface area (Å²) in [5.41, 5.74) is 0. The van der Waals surface area contributed by atoms with E-state index in [0.717, 1.165) is 70.6 Å². The number of esters is 2. The highest BCUT2D eigenvalue weighted by Gasteiger charge is 2.27. The number of ether oxygens (including phenoxy) is 2. The zero-order chi connectivity index (χ0) is 35.6. The van der Waals surface area contributed by atoms with Gasteiger partial charge in [0.25, 0.3) is 0 Å². The molecule has 0 saturated carbocycles. The molecule has 274 valence electrons. The number of carbonyl (C=O) groups excluding carboxylic acids is 2. The van der Waals surface area contributed by atoms with E-state index >= 15 is 0 Å². The minimum atomic E-state index is -4.66. The second-order valence-electron chi connectivity index (χ2n) is 11.1. The van der Waals surface area contributed by atoms with Crippen molar-refractivity contribution >= 4 is 19.8 Å². The molecule has 0 aromatic rings. The summed E-state index contributed by atoms with van der Waals surface area (Å²) >= 11 is 0. The molecule has 0 saturated heterocycles. The first-order chi connectivity index (χ1) is 23.3. The Kier molecular flexibility index (Phi) is 31.2. The van der Waals surface area contributed by atoms with Crippen molar-refractivity contribution in [3.05, 3.63) is 72.9 Å². The zero-order valence-corrected chi connectivity index (χ0v) is 30.1. The molecule has 0 aliphatic heterocycles. The van der Waals surface area contributed by atoms with E-state index in [2.05, 4.69) is 62.5 Å². The van der Waals surface area contributed by atoms with Crippen molar-refractivity contribution in [3.63, 3.8) is 0 Å². The second-order valence-corrected chi connectivity index (χ2v) is 12.6. The highest BCUT2D eigenvalue weighted by molar-refractivity contribution is 7.47. The number of carbonyl (C=O) groups is 2. The van der Waals surface area contributed by atoms with Crippen LogP contribution in [-0.4, -0.2) is 65.7 Å². The summed E-state index contributed by atoms with van der Waals surface area (Å²) < 4.78 is 32.2. The number of phosphoric acid groups is 1. The molecule has 0 amide bonds. The first-order valence-corrected chi connectivity index (χ1v) is 18.9. The molecule has 11 heteroatoms. The third-order valence-corrected chi connectivity index (χ3v) is 7.62. The van der Waals surface area contributed by atoms with Gasteiger partial charge in [-0.3, -0.25) is 18.6 Å². The number of rotatable bonds is 31. The van der Waals surface area contributed by atoms with Crippen LogP contribution in [0.2, 0.25) is 0 Å². The van der Waals surface area contributed by atoms with E-state index in [1.54, 1.807) is 6.08 Å². The van der Waals surface area contributed by atoms with Gasteiger partial charge in [-0.15, -0.1) is 0 Å². The predicted octanol–water partition coefficient (Wildman–Crippen LogP) is 8.16. The number of unbranched alkanes of at least 4 members (excludes halogenated alkanes) is 6. The molecule has 0 bridgehead atoms. The van der Waals surface area contributed by atoms with Crippen molar-refractivity contribution in [2.75, 3.05) is 26.4 Å². The number of phosphoric ester groups is 1. The molecule has 0 fully saturated rings. The SMILES string of the molecule is CC/C=C\C/C=C\C/C=C\C/C=C\C/C=C\CC(=O)OC(CO)COP(=O)(O)OCC(CO)OC(=O)CCCCCCC/C=C\CCC. The maximum atomic E-state index is 12.3. The fourth-order valence-electron chi connectivity index (χ4n) is 4.01. The Morgan fingerprint density at radius 1 is 0.604 bits per heavy atom. The molecule has 3 unspecified atom stereocenters. The summed E-state index contributed by atoms with van der Waals surface area (Å²) in [6, 6.07) is 0. The lowest BCUT2D eigenvalue weighted by molar-refractivity contribution is -0.153. The van der Waals surface area contributed by atoms with Gasteiger partial charge in [0.15, 0.2) is 0 Å². The zero-order valence-electron chi connectivity index (χ0n) is 29.2. The van der Waals surface area contributed by atoms with Crippen LogP contribution >= 0.6 is 7.82 Å². The lowest BCUT2D eigenvalue weighted by Gasteiger charge is -2.20. The van der Waals surface area contributed by atoms with Crippen LogP contribution < -0.4 is 0 Å². The Bertz CT molecular complexity index is 1030. The van der Waals surface area contributed by atoms with Crippen molar-refractivity contribution in [2.45, 2.75) is 122 Å². The van der Waals surface area contributed by atoms with Gasteiger partial charge >= 0.3 is 19.8 Å². The summed E-state index contributed by atoms with van der Waals surface area (Å²) in [5.74, 6) is -1.17. The average molecular weight is 697 g/mol. The number of hydrogen-bond donors (Lipinski definition) is 3. The number of allylic oxidation sites excluding steroid dienone is 11. The number of hydrogen-bond acceptors (Lipinski definition) is 9. The highest BCUT2D eigenvalue weighted by Crippen LogP contribution is 2.43. The Labute approximate surface area is 288 Å². The number of aliphatic hydroxyl groups is 2. The van der Waals surface area contributed by atoms with Crippen LogP contribution in [0.5, 0.6) is 0 Å². The molecule has 10 nitrogen and oxygen atoms in total. The Morgan fingerprint density at radius 3 is 1.58 bits per heavy atom. The van der Waals surface area contributed by atoms with Gasteiger partial charge in [-0.05, 0) is 57.8 Å². The molecule has 3 N–H and O–H groups in total. The summed E-state index contributed by atoms with van der Waals surface area (Å²) in [6.45, 7) is 1.85. The Hall–Kier alpha value is -2.59. The molecule has 0 radical (unpaired) electrons. The van der Waals surface area contributed by atoms with Crippen LogP contribution in [0.1, 0.15) is 110 Å². The minimum Gasteiger partial charge on any atom is -0.457 e. The van der Waals surface area contributed by atoms with Gasteiger partial charge in [-0.25, -0.2) is 4.57 Å². The van der Waals surface area contributed by atoms with Crippen molar-refractivity contribution < 1.29 is 47.8 Å². The molecule has 0 spiro atoms. The van der Waals surface area contributed by atoms with Crippen molar-refractivity contribution in [2.24, 2.45) is 0 Å². The van der Waals surface area contributed by atoms with Crippen LogP contribution in [0.3, 0.4) is 0 Å². The van der Waals surface area contributed by atoms with Gasteiger partial charge in [-0.1, -0.05) is 112 Å². The highest BCUT2D eigenvalue weighted by atomic mass is 31.2. The van der Waals surface area contributed by atoms with E-state index in [1.165, 1.54) is 0 Å². The third kappa shape index (κ3) is 30.7. The normalized spacial score (nSPS) is 15.0. The van der Waals surface area contributed by atoms with Crippen molar-refractivity contribution in [3.8, 4) is 0 Å². The third-order valence-electron chi connectivity index (χ3n) is 6.67. The van der Waals surface area contributed by atoms with Gasteiger partial charge < -0.3 is 24.6 Å².